The minimum atomic E-state index is -0.266. The molecule has 2 aromatic carbocycles. The molecule has 4 rings (SSSR count). The Hall–Kier alpha value is -2.73. The van der Waals surface area contributed by atoms with Crippen molar-refractivity contribution in [2.45, 2.75) is 44.2 Å². The van der Waals surface area contributed by atoms with Gasteiger partial charge in [0.2, 0.25) is 0 Å². The van der Waals surface area contributed by atoms with E-state index in [2.05, 4.69) is 22.5 Å². The highest BCUT2D eigenvalue weighted by molar-refractivity contribution is 6.02. The third-order valence-electron chi connectivity index (χ3n) is 5.07. The van der Waals surface area contributed by atoms with E-state index in [1.54, 1.807) is 0 Å². The quantitative estimate of drug-likeness (QED) is 0.708. The lowest BCUT2D eigenvalue weighted by molar-refractivity contribution is 0.0891. The summed E-state index contributed by atoms with van der Waals surface area (Å²) in [5.74, 6) is 6.31. The molecule has 1 heterocycles. The van der Waals surface area contributed by atoms with Crippen molar-refractivity contribution in [1.29, 1.82) is 0 Å². The van der Waals surface area contributed by atoms with Gasteiger partial charge in [-0.2, -0.15) is 0 Å². The van der Waals surface area contributed by atoms with Crippen LogP contribution in [0.25, 0.3) is 0 Å². The standard InChI is InChI=1S/C22H22N2O/c25-21-19-16-18(11-10-17-8-4-3-5-9-17)12-13-20(19)23-22(24-21)14-6-1-2-7-15-22/h3-5,8-9,12-13,16,23H,1-2,6-7,14-15H2,(H,24,25). The molecule has 2 aromatic rings. The summed E-state index contributed by atoms with van der Waals surface area (Å²) in [4.78, 5) is 12.7. The highest BCUT2D eigenvalue weighted by Crippen LogP contribution is 2.34. The molecule has 1 fully saturated rings. The summed E-state index contributed by atoms with van der Waals surface area (Å²) < 4.78 is 0. The monoisotopic (exact) mass is 330 g/mol. The maximum Gasteiger partial charge on any atom is 0.255 e. The third kappa shape index (κ3) is 3.39. The van der Waals surface area contributed by atoms with Gasteiger partial charge in [0.05, 0.1) is 5.56 Å². The lowest BCUT2D eigenvalue weighted by atomic mass is 9.94. The minimum absolute atomic E-state index is 0.0130. The van der Waals surface area contributed by atoms with Gasteiger partial charge in [-0.3, -0.25) is 4.79 Å². The van der Waals surface area contributed by atoms with Crippen LogP contribution in [0.1, 0.15) is 60.0 Å². The van der Waals surface area contributed by atoms with E-state index in [1.165, 1.54) is 12.8 Å². The largest absolute Gasteiger partial charge is 0.362 e. The fraction of sp³-hybridized carbons (Fsp3) is 0.318. The second-order valence-corrected chi connectivity index (χ2v) is 6.95. The molecule has 1 saturated carbocycles. The number of carbonyl (C=O) groups excluding carboxylic acids is 1. The number of benzene rings is 2. The zero-order chi connectivity index (χ0) is 17.1. The first-order valence-electron chi connectivity index (χ1n) is 9.06. The third-order valence-corrected chi connectivity index (χ3v) is 5.07. The van der Waals surface area contributed by atoms with Crippen LogP contribution in [-0.4, -0.2) is 11.6 Å². The maximum atomic E-state index is 12.7. The highest BCUT2D eigenvalue weighted by Gasteiger charge is 2.37. The molecule has 0 unspecified atom stereocenters. The van der Waals surface area contributed by atoms with Gasteiger partial charge in [0.15, 0.2) is 0 Å². The summed E-state index contributed by atoms with van der Waals surface area (Å²) in [7, 11) is 0. The van der Waals surface area contributed by atoms with Gasteiger partial charge in [0.1, 0.15) is 5.66 Å². The fourth-order valence-corrected chi connectivity index (χ4v) is 3.74. The Balaban J connectivity index is 1.61. The molecule has 1 aliphatic carbocycles. The van der Waals surface area contributed by atoms with Crippen LogP contribution in [0.4, 0.5) is 5.69 Å². The highest BCUT2D eigenvalue weighted by atomic mass is 16.2. The van der Waals surface area contributed by atoms with Crippen molar-refractivity contribution in [2.24, 2.45) is 0 Å². The molecular weight excluding hydrogens is 308 g/mol. The predicted molar refractivity (Wildman–Crippen MR) is 100 cm³/mol. The summed E-state index contributed by atoms with van der Waals surface area (Å²) in [5.41, 5.74) is 3.18. The van der Waals surface area contributed by atoms with Gasteiger partial charge in [0, 0.05) is 16.8 Å². The molecule has 2 aliphatic rings. The van der Waals surface area contributed by atoms with Gasteiger partial charge in [-0.15, -0.1) is 0 Å². The van der Waals surface area contributed by atoms with Gasteiger partial charge in [-0.25, -0.2) is 0 Å². The molecular formula is C22H22N2O. The van der Waals surface area contributed by atoms with E-state index in [0.717, 1.165) is 42.5 Å². The van der Waals surface area contributed by atoms with Crippen molar-refractivity contribution in [3.8, 4) is 11.8 Å². The molecule has 3 nitrogen and oxygen atoms in total. The lowest BCUT2D eigenvalue weighted by Gasteiger charge is -2.40. The molecule has 3 heteroatoms. The predicted octanol–water partition coefficient (Wildman–Crippen LogP) is 4.29. The number of nitrogens with one attached hydrogen (secondary N) is 2. The molecule has 1 amide bonds. The average molecular weight is 330 g/mol. The molecule has 0 radical (unpaired) electrons. The van der Waals surface area contributed by atoms with Crippen molar-refractivity contribution < 1.29 is 4.79 Å². The maximum absolute atomic E-state index is 12.7. The van der Waals surface area contributed by atoms with Gasteiger partial charge in [0.25, 0.3) is 5.91 Å². The molecule has 126 valence electrons. The van der Waals surface area contributed by atoms with E-state index in [4.69, 9.17) is 0 Å². The Bertz CT molecular complexity index is 837. The van der Waals surface area contributed by atoms with Crippen molar-refractivity contribution in [1.82, 2.24) is 5.32 Å². The molecule has 1 aliphatic heterocycles. The van der Waals surface area contributed by atoms with Crippen LogP contribution in [0, 0.1) is 11.8 Å². The normalized spacial score (nSPS) is 18.2. The first-order chi connectivity index (χ1) is 12.2. The molecule has 0 atom stereocenters. The molecule has 0 aromatic heterocycles. The Morgan fingerprint density at radius 2 is 1.52 bits per heavy atom. The molecule has 25 heavy (non-hydrogen) atoms. The van der Waals surface area contributed by atoms with E-state index in [1.807, 2.05) is 48.5 Å². The molecule has 1 spiro atoms. The number of hydrogen-bond donors (Lipinski definition) is 2. The Morgan fingerprint density at radius 1 is 0.800 bits per heavy atom. The SMILES string of the molecule is O=C1NC2(CCCCCC2)Nc2ccc(C#Cc3ccccc3)cc21. The number of anilines is 1. The first kappa shape index (κ1) is 15.8. The van der Waals surface area contributed by atoms with E-state index in [0.29, 0.717) is 5.56 Å². The Labute approximate surface area is 148 Å². The Morgan fingerprint density at radius 3 is 2.28 bits per heavy atom. The van der Waals surface area contributed by atoms with Crippen molar-refractivity contribution in [3.63, 3.8) is 0 Å². The summed E-state index contributed by atoms with van der Waals surface area (Å²) in [6.07, 6.45) is 6.80. The smallest absolute Gasteiger partial charge is 0.255 e. The molecule has 0 bridgehead atoms. The zero-order valence-electron chi connectivity index (χ0n) is 14.3. The lowest BCUT2D eigenvalue weighted by Crippen LogP contribution is -2.57. The number of carbonyl (C=O) groups is 1. The summed E-state index contributed by atoms with van der Waals surface area (Å²) in [6.45, 7) is 0. The van der Waals surface area contributed by atoms with E-state index >= 15 is 0 Å². The van der Waals surface area contributed by atoms with E-state index in [-0.39, 0.29) is 11.6 Å². The molecule has 0 saturated heterocycles. The minimum Gasteiger partial charge on any atom is -0.362 e. The van der Waals surface area contributed by atoms with Crippen LogP contribution in [0.3, 0.4) is 0 Å². The van der Waals surface area contributed by atoms with Gasteiger partial charge < -0.3 is 10.6 Å². The average Bonchev–Trinajstić information content (AvgIpc) is 2.86. The number of hydrogen-bond acceptors (Lipinski definition) is 2. The van der Waals surface area contributed by atoms with Crippen LogP contribution in [0.15, 0.2) is 48.5 Å². The second kappa shape index (κ2) is 6.64. The van der Waals surface area contributed by atoms with Crippen LogP contribution in [0.2, 0.25) is 0 Å². The molecule has 2 N–H and O–H groups in total. The van der Waals surface area contributed by atoms with E-state index in [9.17, 15) is 4.79 Å². The van der Waals surface area contributed by atoms with Gasteiger partial charge >= 0.3 is 0 Å². The van der Waals surface area contributed by atoms with Crippen molar-refractivity contribution >= 4 is 11.6 Å². The summed E-state index contributed by atoms with van der Waals surface area (Å²) in [5, 5.41) is 6.83. The first-order valence-corrected chi connectivity index (χ1v) is 9.06. The second-order valence-electron chi connectivity index (χ2n) is 6.95. The number of fused-ring (bicyclic) bond motifs is 1. The van der Waals surface area contributed by atoms with Gasteiger partial charge in [-0.1, -0.05) is 42.9 Å². The van der Waals surface area contributed by atoms with Gasteiger partial charge in [-0.05, 0) is 56.0 Å². The topological polar surface area (TPSA) is 41.1 Å². The summed E-state index contributed by atoms with van der Waals surface area (Å²) >= 11 is 0. The fourth-order valence-electron chi connectivity index (χ4n) is 3.74. The van der Waals surface area contributed by atoms with Crippen LogP contribution < -0.4 is 10.6 Å². The summed E-state index contributed by atoms with van der Waals surface area (Å²) in [6, 6.07) is 15.8. The van der Waals surface area contributed by atoms with Crippen LogP contribution in [-0.2, 0) is 0 Å². The van der Waals surface area contributed by atoms with Crippen LogP contribution >= 0.6 is 0 Å². The van der Waals surface area contributed by atoms with E-state index < -0.39 is 0 Å². The number of rotatable bonds is 0. The zero-order valence-corrected chi connectivity index (χ0v) is 14.3. The van der Waals surface area contributed by atoms with Crippen molar-refractivity contribution in [2.75, 3.05) is 5.32 Å². The number of amides is 1. The van der Waals surface area contributed by atoms with Crippen molar-refractivity contribution in [3.05, 3.63) is 65.2 Å². The van der Waals surface area contributed by atoms with Crippen LogP contribution in [0.5, 0.6) is 0 Å². The Kier molecular flexibility index (Phi) is 4.19.